The predicted molar refractivity (Wildman–Crippen MR) is 115 cm³/mol. The average molecular weight is 456 g/mol. The molecule has 2 aromatic rings. The van der Waals surface area contributed by atoms with E-state index >= 15 is 0 Å². The Hall–Kier alpha value is -1.03. The van der Waals surface area contributed by atoms with Crippen LogP contribution in [0.5, 0.6) is 0 Å². The Morgan fingerprint density at radius 1 is 0.929 bits per heavy atom. The Labute approximate surface area is 196 Å². The first-order valence-corrected chi connectivity index (χ1v) is 10.1. The summed E-state index contributed by atoms with van der Waals surface area (Å²) in [7, 11) is 0. The molecule has 1 radical (unpaired) electrons. The number of carbonyl (C=O) groups is 1. The zero-order valence-corrected chi connectivity index (χ0v) is 21.1. The van der Waals surface area contributed by atoms with Crippen LogP contribution in [0.15, 0.2) is 42.5 Å². The minimum Gasteiger partial charge on any atom is -0.321 e. The molecule has 3 rings (SSSR count). The average Bonchev–Trinajstić information content (AvgIpc) is 3.08. The normalized spacial score (nSPS) is 14.5. The van der Waals surface area contributed by atoms with E-state index in [9.17, 15) is 4.79 Å². The fourth-order valence-corrected chi connectivity index (χ4v) is 3.99. The number of aryl methyl sites for hydroxylation is 4. The second-order valence-corrected chi connectivity index (χ2v) is 7.95. The third kappa shape index (κ3) is 7.42. The van der Waals surface area contributed by atoms with Gasteiger partial charge >= 0.3 is 0 Å². The van der Waals surface area contributed by atoms with Crippen LogP contribution in [0, 0.1) is 27.7 Å². The molecule has 1 heterocycles. The van der Waals surface area contributed by atoms with E-state index in [1.807, 2.05) is 18.2 Å². The summed E-state index contributed by atoms with van der Waals surface area (Å²) >= 11 is 0. The van der Waals surface area contributed by atoms with Gasteiger partial charge in [0.25, 0.3) is 5.91 Å². The van der Waals surface area contributed by atoms with Crippen LogP contribution in [-0.4, -0.2) is 36.6 Å². The third-order valence-electron chi connectivity index (χ3n) is 5.55. The first kappa shape index (κ1) is 25.0. The van der Waals surface area contributed by atoms with Crippen LogP contribution in [0.2, 0.25) is 0 Å². The summed E-state index contributed by atoms with van der Waals surface area (Å²) in [6.45, 7) is 14.5. The van der Waals surface area contributed by atoms with Gasteiger partial charge in [0, 0.05) is 51.2 Å². The van der Waals surface area contributed by atoms with Crippen LogP contribution in [-0.2, 0) is 37.5 Å². The van der Waals surface area contributed by atoms with Gasteiger partial charge in [0.15, 0.2) is 6.54 Å². The Kier molecular flexibility index (Phi) is 10.6. The number of rotatable bonds is 4. The van der Waals surface area contributed by atoms with Gasteiger partial charge < -0.3 is 9.80 Å². The summed E-state index contributed by atoms with van der Waals surface area (Å²) in [6.07, 6.45) is 2.51. The summed E-state index contributed by atoms with van der Waals surface area (Å²) in [5.41, 5.74) is 5.87. The Morgan fingerprint density at radius 2 is 1.46 bits per heavy atom. The number of nitrogens with one attached hydrogen (secondary N) is 1. The minimum atomic E-state index is 0. The molecule has 0 bridgehead atoms. The fraction of sp³-hybridized carbons (Fsp3) is 0.458. The van der Waals surface area contributed by atoms with Crippen molar-refractivity contribution in [2.45, 2.75) is 47.5 Å². The molecule has 4 heteroatoms. The summed E-state index contributed by atoms with van der Waals surface area (Å²) in [5, 5.41) is 3.14. The number of hydrogen-bond acceptors (Lipinski definition) is 1. The molecule has 0 aliphatic carbocycles. The van der Waals surface area contributed by atoms with Crippen molar-refractivity contribution < 1.29 is 42.0 Å². The van der Waals surface area contributed by atoms with Gasteiger partial charge in [0.05, 0.1) is 19.6 Å². The molecule has 0 spiro atoms. The topological polar surface area (TPSA) is 29.1 Å². The van der Waals surface area contributed by atoms with Gasteiger partial charge in [-0.15, -0.1) is 0 Å². The molecule has 1 fully saturated rings. The van der Waals surface area contributed by atoms with E-state index in [4.69, 9.17) is 0 Å². The first-order valence-electron chi connectivity index (χ1n) is 10.1. The summed E-state index contributed by atoms with van der Waals surface area (Å²) in [5.74, 6) is 0.156. The molecule has 0 atom stereocenters. The second kappa shape index (κ2) is 11.9. The molecule has 149 valence electrons. The van der Waals surface area contributed by atoms with Crippen LogP contribution in [0.1, 0.15) is 42.0 Å². The molecule has 1 N–H and O–H groups in total. The van der Waals surface area contributed by atoms with Gasteiger partial charge in [-0.05, 0) is 45.7 Å². The number of likely N-dealkylation sites (tertiary alicyclic amines) is 1. The largest absolute Gasteiger partial charge is 0.321 e. The monoisotopic (exact) mass is 456 g/mol. The zero-order valence-electron chi connectivity index (χ0n) is 18.2. The molecular formula is C24H35N2OY+. The van der Waals surface area contributed by atoms with Crippen molar-refractivity contribution in [3.63, 3.8) is 0 Å². The van der Waals surface area contributed by atoms with Gasteiger partial charge in [-0.1, -0.05) is 53.6 Å². The SMILES string of the molecule is CC[N+]1(CC(=O)Nc2c(C)cc(C)cc2C)CCCC1.Cc1ccccc1.[Y]. The molecule has 1 aliphatic rings. The van der Waals surface area contributed by atoms with Crippen molar-refractivity contribution in [2.75, 3.05) is 31.5 Å². The summed E-state index contributed by atoms with van der Waals surface area (Å²) < 4.78 is 0.954. The van der Waals surface area contributed by atoms with Gasteiger partial charge in [0.1, 0.15) is 0 Å². The van der Waals surface area contributed by atoms with E-state index in [1.54, 1.807) is 0 Å². The van der Waals surface area contributed by atoms with E-state index in [0.717, 1.165) is 40.9 Å². The Balaban J connectivity index is 0.000000414. The Morgan fingerprint density at radius 3 is 1.89 bits per heavy atom. The van der Waals surface area contributed by atoms with Crippen LogP contribution >= 0.6 is 0 Å². The summed E-state index contributed by atoms with van der Waals surface area (Å²) in [6, 6.07) is 14.5. The van der Waals surface area contributed by atoms with E-state index in [-0.39, 0.29) is 38.6 Å². The second-order valence-electron chi connectivity index (χ2n) is 7.95. The maximum Gasteiger partial charge on any atom is 0.279 e. The van der Waals surface area contributed by atoms with Crippen molar-refractivity contribution in [2.24, 2.45) is 0 Å². The van der Waals surface area contributed by atoms with Crippen molar-refractivity contribution in [3.8, 4) is 0 Å². The first-order chi connectivity index (χ1) is 12.8. The molecule has 0 unspecified atom stereocenters. The van der Waals surface area contributed by atoms with Crippen molar-refractivity contribution >= 4 is 11.6 Å². The molecule has 1 amide bonds. The summed E-state index contributed by atoms with van der Waals surface area (Å²) in [4.78, 5) is 12.4. The number of benzene rings is 2. The standard InChI is InChI=1S/C17H26N2O.C7H8.Y/c1-5-19(8-6-7-9-19)12-16(20)18-17-14(3)10-13(2)11-15(17)4;1-7-5-3-2-4-6-7;/h10-11H,5-9,12H2,1-4H3;2-6H,1H3;/p+1. The van der Waals surface area contributed by atoms with Crippen LogP contribution in [0.3, 0.4) is 0 Å². The number of hydrogen-bond donors (Lipinski definition) is 1. The fourth-order valence-electron chi connectivity index (χ4n) is 3.99. The number of amides is 1. The van der Waals surface area contributed by atoms with Gasteiger partial charge in [0.2, 0.25) is 0 Å². The zero-order chi connectivity index (χ0) is 19.9. The molecule has 28 heavy (non-hydrogen) atoms. The Bertz CT molecular complexity index is 729. The van der Waals surface area contributed by atoms with Crippen LogP contribution in [0.4, 0.5) is 5.69 Å². The maximum absolute atomic E-state index is 12.4. The van der Waals surface area contributed by atoms with E-state index in [0.29, 0.717) is 6.54 Å². The molecule has 0 aromatic heterocycles. The van der Waals surface area contributed by atoms with Gasteiger partial charge in [-0.2, -0.15) is 0 Å². The third-order valence-corrected chi connectivity index (χ3v) is 5.55. The van der Waals surface area contributed by atoms with Crippen molar-refractivity contribution in [3.05, 3.63) is 64.7 Å². The van der Waals surface area contributed by atoms with Gasteiger partial charge in [-0.3, -0.25) is 4.79 Å². The van der Waals surface area contributed by atoms with Crippen molar-refractivity contribution in [1.82, 2.24) is 0 Å². The number of likely N-dealkylation sites (N-methyl/N-ethyl adjacent to an activating group) is 1. The number of quaternary nitrogens is 1. The predicted octanol–water partition coefficient (Wildman–Crippen LogP) is 5.17. The van der Waals surface area contributed by atoms with E-state index < -0.39 is 0 Å². The maximum atomic E-state index is 12.4. The number of anilines is 1. The van der Waals surface area contributed by atoms with E-state index in [2.05, 4.69) is 64.2 Å². The molecule has 1 saturated heterocycles. The molecule has 1 aliphatic heterocycles. The smallest absolute Gasteiger partial charge is 0.279 e. The van der Waals surface area contributed by atoms with Gasteiger partial charge in [-0.25, -0.2) is 0 Å². The molecule has 0 saturated carbocycles. The molecule has 2 aromatic carbocycles. The van der Waals surface area contributed by atoms with Crippen molar-refractivity contribution in [1.29, 1.82) is 0 Å². The van der Waals surface area contributed by atoms with Crippen LogP contribution in [0.25, 0.3) is 0 Å². The number of nitrogens with zero attached hydrogens (tertiary/aromatic N) is 1. The molecule has 3 nitrogen and oxygen atoms in total. The van der Waals surface area contributed by atoms with E-state index in [1.165, 1.54) is 24.0 Å². The van der Waals surface area contributed by atoms with Crippen LogP contribution < -0.4 is 5.32 Å². The minimum absolute atomic E-state index is 0. The quantitative estimate of drug-likeness (QED) is 0.632. The number of carbonyl (C=O) groups excluding carboxylic acids is 1. The molecular weight excluding hydrogens is 421 g/mol.